The molecule has 0 heterocycles. The molecule has 0 aromatic heterocycles. The molecule has 1 aromatic rings. The summed E-state index contributed by atoms with van der Waals surface area (Å²) in [5.74, 6) is 6.50. The second-order valence-electron chi connectivity index (χ2n) is 4.73. The largest absolute Gasteiger partial charge is 0.496 e. The molecule has 1 aromatic carbocycles. The molecular weight excluding hydrogens is 228 g/mol. The number of hydrogen-bond acceptors (Lipinski definition) is 4. The third-order valence-corrected chi connectivity index (χ3v) is 3.08. The third-order valence-electron chi connectivity index (χ3n) is 3.08. The van der Waals surface area contributed by atoms with E-state index in [0.717, 1.165) is 16.9 Å². The fraction of sp³-hybridized carbons (Fsp3) is 0.571. The molecule has 0 saturated heterocycles. The molecule has 0 bridgehead atoms. The minimum Gasteiger partial charge on any atom is -0.496 e. The van der Waals surface area contributed by atoms with Crippen LogP contribution < -0.4 is 16.0 Å². The Morgan fingerprint density at radius 1 is 1.28 bits per heavy atom. The SMILES string of the molecule is COc1c(C(COC(C)C)NN)ccc(C)c1C. The van der Waals surface area contributed by atoms with Crippen molar-refractivity contribution in [2.75, 3.05) is 13.7 Å². The first-order valence-electron chi connectivity index (χ1n) is 6.23. The van der Waals surface area contributed by atoms with E-state index >= 15 is 0 Å². The van der Waals surface area contributed by atoms with Gasteiger partial charge in [-0.05, 0) is 38.8 Å². The molecule has 4 heteroatoms. The topological polar surface area (TPSA) is 56.5 Å². The van der Waals surface area contributed by atoms with Gasteiger partial charge < -0.3 is 9.47 Å². The Morgan fingerprint density at radius 3 is 2.44 bits per heavy atom. The highest BCUT2D eigenvalue weighted by Gasteiger charge is 2.18. The predicted molar refractivity (Wildman–Crippen MR) is 73.6 cm³/mol. The summed E-state index contributed by atoms with van der Waals surface area (Å²) in [6.45, 7) is 8.65. The monoisotopic (exact) mass is 252 g/mol. The van der Waals surface area contributed by atoms with Gasteiger partial charge in [-0.15, -0.1) is 0 Å². The Bertz CT molecular complexity index is 392. The quantitative estimate of drug-likeness (QED) is 0.602. The minimum atomic E-state index is -0.0679. The van der Waals surface area contributed by atoms with Crippen molar-refractivity contribution in [2.24, 2.45) is 5.84 Å². The predicted octanol–water partition coefficient (Wildman–Crippen LogP) is 2.24. The molecule has 18 heavy (non-hydrogen) atoms. The Hall–Kier alpha value is -1.10. The molecular formula is C14H24N2O2. The van der Waals surface area contributed by atoms with E-state index in [0.29, 0.717) is 6.61 Å². The molecule has 3 N–H and O–H groups in total. The van der Waals surface area contributed by atoms with E-state index in [1.807, 2.05) is 19.9 Å². The second-order valence-corrected chi connectivity index (χ2v) is 4.73. The molecule has 1 atom stereocenters. The normalized spacial score (nSPS) is 12.8. The summed E-state index contributed by atoms with van der Waals surface area (Å²) in [5.41, 5.74) is 6.16. The van der Waals surface area contributed by atoms with Crippen LogP contribution >= 0.6 is 0 Å². The summed E-state index contributed by atoms with van der Waals surface area (Å²) >= 11 is 0. The summed E-state index contributed by atoms with van der Waals surface area (Å²) in [5, 5.41) is 0. The van der Waals surface area contributed by atoms with Crippen molar-refractivity contribution in [1.29, 1.82) is 0 Å². The molecule has 0 amide bonds. The van der Waals surface area contributed by atoms with Gasteiger partial charge in [0.05, 0.1) is 25.9 Å². The number of rotatable bonds is 6. The zero-order chi connectivity index (χ0) is 13.7. The summed E-state index contributed by atoms with van der Waals surface area (Å²) in [6, 6.07) is 4.05. The minimum absolute atomic E-state index is 0.0679. The molecule has 0 saturated carbocycles. The van der Waals surface area contributed by atoms with E-state index in [9.17, 15) is 0 Å². The lowest BCUT2D eigenvalue weighted by Crippen LogP contribution is -2.32. The van der Waals surface area contributed by atoms with Gasteiger partial charge in [0, 0.05) is 5.56 Å². The molecule has 1 rings (SSSR count). The number of methoxy groups -OCH3 is 1. The van der Waals surface area contributed by atoms with Crippen LogP contribution in [0.1, 0.15) is 36.6 Å². The Labute approximate surface area is 109 Å². The lowest BCUT2D eigenvalue weighted by atomic mass is 9.99. The van der Waals surface area contributed by atoms with Crippen molar-refractivity contribution in [1.82, 2.24) is 5.43 Å². The van der Waals surface area contributed by atoms with Crippen molar-refractivity contribution in [3.05, 3.63) is 28.8 Å². The Kier molecular flexibility index (Phi) is 5.59. The van der Waals surface area contributed by atoms with E-state index < -0.39 is 0 Å². The lowest BCUT2D eigenvalue weighted by molar-refractivity contribution is 0.0606. The number of nitrogens with one attached hydrogen (secondary N) is 1. The van der Waals surface area contributed by atoms with Gasteiger partial charge in [0.1, 0.15) is 5.75 Å². The third kappa shape index (κ3) is 3.45. The summed E-state index contributed by atoms with van der Waals surface area (Å²) in [6.07, 6.45) is 0.179. The van der Waals surface area contributed by atoms with Crippen LogP contribution in [0.2, 0.25) is 0 Å². The van der Waals surface area contributed by atoms with Gasteiger partial charge in [-0.25, -0.2) is 0 Å². The summed E-state index contributed by atoms with van der Waals surface area (Å²) < 4.78 is 11.1. The summed E-state index contributed by atoms with van der Waals surface area (Å²) in [7, 11) is 1.68. The van der Waals surface area contributed by atoms with Crippen LogP contribution in [0.4, 0.5) is 0 Å². The van der Waals surface area contributed by atoms with Crippen LogP contribution in [0, 0.1) is 13.8 Å². The Morgan fingerprint density at radius 2 is 1.94 bits per heavy atom. The molecule has 0 radical (unpaired) electrons. The number of hydrazine groups is 1. The fourth-order valence-electron chi connectivity index (χ4n) is 1.87. The lowest BCUT2D eigenvalue weighted by Gasteiger charge is -2.22. The highest BCUT2D eigenvalue weighted by atomic mass is 16.5. The van der Waals surface area contributed by atoms with Crippen molar-refractivity contribution in [3.8, 4) is 5.75 Å². The van der Waals surface area contributed by atoms with Crippen LogP contribution in [0.3, 0.4) is 0 Å². The first-order chi connectivity index (χ1) is 8.51. The number of hydrogen-bond donors (Lipinski definition) is 2. The maximum atomic E-state index is 5.62. The second kappa shape index (κ2) is 6.73. The van der Waals surface area contributed by atoms with Crippen molar-refractivity contribution in [3.63, 3.8) is 0 Å². The van der Waals surface area contributed by atoms with Crippen LogP contribution in [-0.4, -0.2) is 19.8 Å². The van der Waals surface area contributed by atoms with Gasteiger partial charge in [-0.1, -0.05) is 12.1 Å². The van der Waals surface area contributed by atoms with Crippen molar-refractivity contribution >= 4 is 0 Å². The molecule has 1 unspecified atom stereocenters. The maximum Gasteiger partial charge on any atom is 0.126 e. The molecule has 0 spiro atoms. The smallest absolute Gasteiger partial charge is 0.126 e. The molecule has 102 valence electrons. The molecule has 0 fully saturated rings. The number of aryl methyl sites for hydroxylation is 1. The Balaban J connectivity index is 3.01. The van der Waals surface area contributed by atoms with Gasteiger partial charge >= 0.3 is 0 Å². The first-order valence-corrected chi connectivity index (χ1v) is 6.23. The van der Waals surface area contributed by atoms with E-state index in [1.165, 1.54) is 5.56 Å². The highest BCUT2D eigenvalue weighted by Crippen LogP contribution is 2.30. The zero-order valence-electron chi connectivity index (χ0n) is 11.9. The van der Waals surface area contributed by atoms with E-state index in [-0.39, 0.29) is 12.1 Å². The van der Waals surface area contributed by atoms with Gasteiger partial charge in [0.15, 0.2) is 0 Å². The summed E-state index contributed by atoms with van der Waals surface area (Å²) in [4.78, 5) is 0. The fourth-order valence-corrected chi connectivity index (χ4v) is 1.87. The van der Waals surface area contributed by atoms with Crippen LogP contribution in [0.5, 0.6) is 5.75 Å². The molecule has 0 aliphatic carbocycles. The van der Waals surface area contributed by atoms with Crippen LogP contribution in [0.25, 0.3) is 0 Å². The van der Waals surface area contributed by atoms with E-state index in [4.69, 9.17) is 15.3 Å². The van der Waals surface area contributed by atoms with Crippen LogP contribution in [0.15, 0.2) is 12.1 Å². The molecule has 4 nitrogen and oxygen atoms in total. The highest BCUT2D eigenvalue weighted by molar-refractivity contribution is 5.46. The van der Waals surface area contributed by atoms with Gasteiger partial charge in [-0.3, -0.25) is 11.3 Å². The van der Waals surface area contributed by atoms with Gasteiger partial charge in [0.2, 0.25) is 0 Å². The number of nitrogens with two attached hydrogens (primary N) is 1. The van der Waals surface area contributed by atoms with Gasteiger partial charge in [-0.2, -0.15) is 0 Å². The van der Waals surface area contributed by atoms with Gasteiger partial charge in [0.25, 0.3) is 0 Å². The first kappa shape index (κ1) is 15.0. The maximum absolute atomic E-state index is 5.62. The standard InChI is InChI=1S/C14H24N2O2/c1-9(2)18-8-13(16-15)12-7-6-10(3)11(4)14(12)17-5/h6-7,9,13,16H,8,15H2,1-5H3. The molecule has 0 aliphatic rings. The van der Waals surface area contributed by atoms with E-state index in [1.54, 1.807) is 7.11 Å². The van der Waals surface area contributed by atoms with Crippen molar-refractivity contribution < 1.29 is 9.47 Å². The van der Waals surface area contributed by atoms with Crippen molar-refractivity contribution in [2.45, 2.75) is 39.8 Å². The number of ether oxygens (including phenoxy) is 2. The molecule has 0 aliphatic heterocycles. The van der Waals surface area contributed by atoms with Crippen LogP contribution in [-0.2, 0) is 4.74 Å². The number of benzene rings is 1. The van der Waals surface area contributed by atoms with E-state index in [2.05, 4.69) is 25.3 Å². The average Bonchev–Trinajstić information content (AvgIpc) is 2.34. The average molecular weight is 252 g/mol. The zero-order valence-corrected chi connectivity index (χ0v) is 11.9.